The number of ether oxygens (including phenoxy) is 1. The molecule has 1 unspecified atom stereocenters. The van der Waals surface area contributed by atoms with Crippen molar-refractivity contribution in [1.29, 1.82) is 0 Å². The number of likely N-dealkylation sites (tertiary alicyclic amines) is 1. The Morgan fingerprint density at radius 2 is 1.90 bits per heavy atom. The standard InChI is InChI=1S/C26H37NO2/c1-25-13-6-9-21(25)19-10-11-23-26(2,22(19)12-14-25)16-20(24(28)27(23)3)17-7-5-8-18(15-17)29-4/h5,7-8,15,19-23H,6,9-14,16H2,1-4H3/t19-,20?,21-,22-,23+,25-,26+/m0/s1. The van der Waals surface area contributed by atoms with Crippen molar-refractivity contribution in [2.75, 3.05) is 14.2 Å². The number of hydrogen-bond acceptors (Lipinski definition) is 2. The van der Waals surface area contributed by atoms with E-state index in [0.717, 1.165) is 35.5 Å². The number of likely N-dealkylation sites (N-methyl/N-ethyl adjacent to an activating group) is 1. The summed E-state index contributed by atoms with van der Waals surface area (Å²) in [5.74, 6) is 3.67. The van der Waals surface area contributed by atoms with Crippen molar-refractivity contribution in [3.8, 4) is 5.75 Å². The zero-order chi connectivity index (χ0) is 20.4. The number of benzene rings is 1. The topological polar surface area (TPSA) is 29.5 Å². The smallest absolute Gasteiger partial charge is 0.230 e. The zero-order valence-electron chi connectivity index (χ0n) is 18.6. The van der Waals surface area contributed by atoms with Gasteiger partial charge in [0.15, 0.2) is 0 Å². The third-order valence-electron chi connectivity index (χ3n) is 9.85. The molecule has 1 amide bonds. The van der Waals surface area contributed by atoms with E-state index in [0.29, 0.717) is 17.4 Å². The highest BCUT2D eigenvalue weighted by molar-refractivity contribution is 5.85. The number of hydrogen-bond donors (Lipinski definition) is 0. The molecule has 0 N–H and O–H groups in total. The van der Waals surface area contributed by atoms with Gasteiger partial charge in [0.2, 0.25) is 5.91 Å². The van der Waals surface area contributed by atoms with Crippen LogP contribution in [0.3, 0.4) is 0 Å². The number of rotatable bonds is 2. The lowest BCUT2D eigenvalue weighted by molar-refractivity contribution is -0.160. The summed E-state index contributed by atoms with van der Waals surface area (Å²) in [6.45, 7) is 5.10. The maximum absolute atomic E-state index is 13.4. The fourth-order valence-corrected chi connectivity index (χ4v) is 8.40. The van der Waals surface area contributed by atoms with Crippen LogP contribution in [-0.2, 0) is 4.79 Å². The molecule has 4 fully saturated rings. The van der Waals surface area contributed by atoms with Gasteiger partial charge in [0, 0.05) is 13.1 Å². The molecule has 3 heteroatoms. The van der Waals surface area contributed by atoms with Gasteiger partial charge in [-0.25, -0.2) is 0 Å². The highest BCUT2D eigenvalue weighted by Crippen LogP contribution is 2.65. The van der Waals surface area contributed by atoms with Gasteiger partial charge in [-0.05, 0) is 91.2 Å². The number of methoxy groups -OCH3 is 1. The minimum absolute atomic E-state index is 0.0352. The average Bonchev–Trinajstić information content (AvgIpc) is 3.12. The van der Waals surface area contributed by atoms with Crippen molar-refractivity contribution in [2.45, 2.75) is 77.2 Å². The molecule has 29 heavy (non-hydrogen) atoms. The first-order chi connectivity index (χ1) is 13.9. The molecule has 5 rings (SSSR count). The molecule has 1 saturated heterocycles. The first-order valence-corrected chi connectivity index (χ1v) is 11.8. The summed E-state index contributed by atoms with van der Waals surface area (Å²) in [6, 6.07) is 8.62. The van der Waals surface area contributed by atoms with E-state index < -0.39 is 0 Å². The number of carbonyl (C=O) groups is 1. The van der Waals surface area contributed by atoms with Crippen LogP contribution in [0.25, 0.3) is 0 Å². The number of amides is 1. The highest BCUT2D eigenvalue weighted by Gasteiger charge is 2.60. The maximum Gasteiger partial charge on any atom is 0.230 e. The van der Waals surface area contributed by atoms with E-state index in [-0.39, 0.29) is 11.3 Å². The summed E-state index contributed by atoms with van der Waals surface area (Å²) >= 11 is 0. The summed E-state index contributed by atoms with van der Waals surface area (Å²) in [5.41, 5.74) is 1.94. The van der Waals surface area contributed by atoms with Crippen molar-refractivity contribution in [3.63, 3.8) is 0 Å². The van der Waals surface area contributed by atoms with Gasteiger partial charge in [-0.1, -0.05) is 32.4 Å². The van der Waals surface area contributed by atoms with Gasteiger partial charge in [0.1, 0.15) is 5.75 Å². The fraction of sp³-hybridized carbons (Fsp3) is 0.731. The highest BCUT2D eigenvalue weighted by atomic mass is 16.5. The molecular weight excluding hydrogens is 358 g/mol. The lowest BCUT2D eigenvalue weighted by Gasteiger charge is -2.62. The molecule has 1 aromatic carbocycles. The predicted molar refractivity (Wildman–Crippen MR) is 116 cm³/mol. The van der Waals surface area contributed by atoms with Gasteiger partial charge in [-0.15, -0.1) is 0 Å². The van der Waals surface area contributed by atoms with Gasteiger partial charge < -0.3 is 9.64 Å². The SMILES string of the molecule is COc1cccc(C2C[C@]3(C)[C@H]4CC[C@]5(C)CCC[C@H]5[C@@H]4CC[C@H]3N(C)C2=O)c1. The van der Waals surface area contributed by atoms with Gasteiger partial charge >= 0.3 is 0 Å². The lowest BCUT2D eigenvalue weighted by Crippen LogP contribution is -2.62. The van der Waals surface area contributed by atoms with Crippen LogP contribution < -0.4 is 4.74 Å². The van der Waals surface area contributed by atoms with Crippen molar-refractivity contribution in [3.05, 3.63) is 29.8 Å². The Bertz CT molecular complexity index is 806. The Hall–Kier alpha value is -1.51. The predicted octanol–water partition coefficient (Wildman–Crippen LogP) is 5.64. The average molecular weight is 396 g/mol. The van der Waals surface area contributed by atoms with Crippen LogP contribution in [0.5, 0.6) is 5.75 Å². The second kappa shape index (κ2) is 6.75. The van der Waals surface area contributed by atoms with Crippen molar-refractivity contribution in [2.24, 2.45) is 28.6 Å². The largest absolute Gasteiger partial charge is 0.497 e. The fourth-order valence-electron chi connectivity index (χ4n) is 8.40. The molecule has 1 aliphatic heterocycles. The van der Waals surface area contributed by atoms with E-state index in [9.17, 15) is 4.79 Å². The summed E-state index contributed by atoms with van der Waals surface area (Å²) in [4.78, 5) is 15.5. The molecule has 1 heterocycles. The van der Waals surface area contributed by atoms with Crippen LogP contribution in [-0.4, -0.2) is 31.0 Å². The van der Waals surface area contributed by atoms with E-state index in [2.05, 4.69) is 37.9 Å². The summed E-state index contributed by atoms with van der Waals surface area (Å²) < 4.78 is 5.46. The van der Waals surface area contributed by atoms with Crippen molar-refractivity contribution < 1.29 is 9.53 Å². The number of fused-ring (bicyclic) bond motifs is 5. The monoisotopic (exact) mass is 395 g/mol. The Morgan fingerprint density at radius 3 is 2.69 bits per heavy atom. The third kappa shape index (κ3) is 2.79. The number of nitrogens with zero attached hydrogens (tertiary/aromatic N) is 1. The van der Waals surface area contributed by atoms with Crippen LogP contribution in [0, 0.1) is 28.6 Å². The molecule has 3 nitrogen and oxygen atoms in total. The first kappa shape index (κ1) is 19.5. The Kier molecular flexibility index (Phi) is 4.53. The van der Waals surface area contributed by atoms with Crippen molar-refractivity contribution >= 4 is 5.91 Å². The number of carbonyl (C=O) groups excluding carboxylic acids is 1. The van der Waals surface area contributed by atoms with Crippen LogP contribution in [0.2, 0.25) is 0 Å². The van der Waals surface area contributed by atoms with E-state index in [1.807, 2.05) is 12.1 Å². The van der Waals surface area contributed by atoms with Crippen LogP contribution >= 0.6 is 0 Å². The second-order valence-corrected chi connectivity index (χ2v) is 11.0. The number of piperidine rings is 1. The van der Waals surface area contributed by atoms with Crippen LogP contribution in [0.15, 0.2) is 24.3 Å². The first-order valence-electron chi connectivity index (χ1n) is 11.8. The second-order valence-electron chi connectivity index (χ2n) is 11.0. The molecule has 3 aliphatic carbocycles. The molecular formula is C26H37NO2. The normalized spacial score (nSPS) is 44.1. The molecule has 1 aromatic rings. The van der Waals surface area contributed by atoms with Gasteiger partial charge in [0.05, 0.1) is 13.0 Å². The van der Waals surface area contributed by atoms with E-state index in [1.165, 1.54) is 44.9 Å². The minimum Gasteiger partial charge on any atom is -0.497 e. The third-order valence-corrected chi connectivity index (χ3v) is 9.85. The maximum atomic E-state index is 13.4. The molecule has 158 valence electrons. The van der Waals surface area contributed by atoms with Gasteiger partial charge in [-0.2, -0.15) is 0 Å². The van der Waals surface area contributed by atoms with E-state index >= 15 is 0 Å². The molecule has 0 bridgehead atoms. The summed E-state index contributed by atoms with van der Waals surface area (Å²) in [6.07, 6.45) is 10.6. The molecule has 0 radical (unpaired) electrons. The van der Waals surface area contributed by atoms with E-state index in [4.69, 9.17) is 4.74 Å². The zero-order valence-corrected chi connectivity index (χ0v) is 18.6. The molecule has 7 atom stereocenters. The Balaban J connectivity index is 1.50. The van der Waals surface area contributed by atoms with Gasteiger partial charge in [-0.3, -0.25) is 4.79 Å². The minimum atomic E-state index is -0.0352. The summed E-state index contributed by atoms with van der Waals surface area (Å²) in [5, 5.41) is 0. The Labute approximate surface area is 176 Å². The molecule has 3 saturated carbocycles. The lowest BCUT2D eigenvalue weighted by atomic mass is 9.46. The quantitative estimate of drug-likeness (QED) is 0.648. The van der Waals surface area contributed by atoms with Crippen LogP contribution in [0.1, 0.15) is 76.7 Å². The molecule has 0 aromatic heterocycles. The van der Waals surface area contributed by atoms with Crippen LogP contribution in [0.4, 0.5) is 0 Å². The van der Waals surface area contributed by atoms with E-state index in [1.54, 1.807) is 7.11 Å². The van der Waals surface area contributed by atoms with Gasteiger partial charge in [0.25, 0.3) is 0 Å². The summed E-state index contributed by atoms with van der Waals surface area (Å²) in [7, 11) is 3.78. The molecule has 4 aliphatic rings. The van der Waals surface area contributed by atoms with Crippen molar-refractivity contribution in [1.82, 2.24) is 4.90 Å². The molecule has 0 spiro atoms. The Morgan fingerprint density at radius 1 is 1.07 bits per heavy atom.